The van der Waals surface area contributed by atoms with Gasteiger partial charge in [-0.3, -0.25) is 4.79 Å². The minimum Gasteiger partial charge on any atom is -0.493 e. The van der Waals surface area contributed by atoms with Crippen molar-refractivity contribution in [1.29, 1.82) is 0 Å². The molecular weight excluding hydrogens is 268 g/mol. The summed E-state index contributed by atoms with van der Waals surface area (Å²) in [5.41, 5.74) is 0.759. The summed E-state index contributed by atoms with van der Waals surface area (Å²) in [7, 11) is 4.83. The van der Waals surface area contributed by atoms with Crippen molar-refractivity contribution >= 4 is 32.7 Å². The number of anilines is 1. The SMILES string of the molecule is COc1cc2nc(N(C)CC(=O)O)sc2cc1OC. The Bertz CT molecular complexity index is 570. The first-order valence-corrected chi connectivity index (χ1v) is 6.32. The van der Waals surface area contributed by atoms with Gasteiger partial charge in [-0.1, -0.05) is 11.3 Å². The Hall–Kier alpha value is -2.02. The van der Waals surface area contributed by atoms with E-state index in [9.17, 15) is 4.79 Å². The van der Waals surface area contributed by atoms with Gasteiger partial charge in [0.2, 0.25) is 0 Å². The topological polar surface area (TPSA) is 71.9 Å². The van der Waals surface area contributed by atoms with Crippen LogP contribution in [0.15, 0.2) is 12.1 Å². The third-order valence-electron chi connectivity index (χ3n) is 2.58. The summed E-state index contributed by atoms with van der Waals surface area (Å²) in [5, 5.41) is 9.43. The Morgan fingerprint density at radius 2 is 2.00 bits per heavy atom. The summed E-state index contributed by atoms with van der Waals surface area (Å²) in [4.78, 5) is 16.7. The Balaban J connectivity index is 2.42. The maximum atomic E-state index is 10.7. The average Bonchev–Trinajstić information content (AvgIpc) is 2.78. The molecule has 0 spiro atoms. The number of ether oxygens (including phenoxy) is 2. The number of likely N-dealkylation sites (N-methyl/N-ethyl adjacent to an activating group) is 1. The molecule has 0 radical (unpaired) electrons. The van der Waals surface area contributed by atoms with Crippen molar-refractivity contribution in [3.63, 3.8) is 0 Å². The molecule has 19 heavy (non-hydrogen) atoms. The molecule has 2 aromatic rings. The molecule has 1 heterocycles. The highest BCUT2D eigenvalue weighted by Crippen LogP contribution is 2.36. The van der Waals surface area contributed by atoms with E-state index >= 15 is 0 Å². The maximum Gasteiger partial charge on any atom is 0.323 e. The van der Waals surface area contributed by atoms with Crippen molar-refractivity contribution < 1.29 is 19.4 Å². The number of hydrogen-bond acceptors (Lipinski definition) is 6. The van der Waals surface area contributed by atoms with Gasteiger partial charge in [0, 0.05) is 19.2 Å². The highest BCUT2D eigenvalue weighted by molar-refractivity contribution is 7.22. The molecule has 0 aliphatic rings. The van der Waals surface area contributed by atoms with Crippen LogP contribution in [0.2, 0.25) is 0 Å². The largest absolute Gasteiger partial charge is 0.493 e. The van der Waals surface area contributed by atoms with E-state index in [0.29, 0.717) is 16.6 Å². The minimum absolute atomic E-state index is 0.0892. The zero-order valence-corrected chi connectivity index (χ0v) is 11.7. The molecule has 6 nitrogen and oxygen atoms in total. The number of carboxylic acid groups (broad SMARTS) is 1. The van der Waals surface area contributed by atoms with E-state index in [4.69, 9.17) is 14.6 Å². The van der Waals surface area contributed by atoms with Gasteiger partial charge in [0.15, 0.2) is 16.6 Å². The highest BCUT2D eigenvalue weighted by Gasteiger charge is 2.14. The first-order chi connectivity index (χ1) is 9.05. The molecule has 0 amide bonds. The monoisotopic (exact) mass is 282 g/mol. The zero-order valence-electron chi connectivity index (χ0n) is 10.8. The quantitative estimate of drug-likeness (QED) is 0.902. The van der Waals surface area contributed by atoms with Crippen molar-refractivity contribution in [2.75, 3.05) is 32.7 Å². The van der Waals surface area contributed by atoms with E-state index in [1.807, 2.05) is 6.07 Å². The molecule has 102 valence electrons. The van der Waals surface area contributed by atoms with Crippen LogP contribution in [0.4, 0.5) is 5.13 Å². The Labute approximate surface area is 114 Å². The number of carbonyl (C=O) groups is 1. The molecule has 0 aliphatic carbocycles. The summed E-state index contributed by atoms with van der Waals surface area (Å²) < 4.78 is 11.4. The van der Waals surface area contributed by atoms with E-state index in [2.05, 4.69) is 4.98 Å². The molecular formula is C12H14N2O4S. The van der Waals surface area contributed by atoms with Crippen LogP contribution in [0, 0.1) is 0 Å². The van der Waals surface area contributed by atoms with Gasteiger partial charge in [0.05, 0.1) is 24.4 Å². The molecule has 0 atom stereocenters. The van der Waals surface area contributed by atoms with Gasteiger partial charge in [-0.15, -0.1) is 0 Å². The molecule has 0 bridgehead atoms. The number of carboxylic acids is 1. The summed E-state index contributed by atoms with van der Waals surface area (Å²) in [6, 6.07) is 3.62. The van der Waals surface area contributed by atoms with Crippen molar-refractivity contribution in [2.45, 2.75) is 0 Å². The number of aliphatic carboxylic acids is 1. The molecule has 7 heteroatoms. The van der Waals surface area contributed by atoms with Crippen LogP contribution >= 0.6 is 11.3 Å². The van der Waals surface area contributed by atoms with Crippen molar-refractivity contribution in [3.05, 3.63) is 12.1 Å². The molecule has 0 saturated heterocycles. The van der Waals surface area contributed by atoms with E-state index in [-0.39, 0.29) is 6.54 Å². The molecule has 0 unspecified atom stereocenters. The fourth-order valence-corrected chi connectivity index (χ4v) is 2.61. The van der Waals surface area contributed by atoms with Crippen LogP contribution < -0.4 is 14.4 Å². The number of aromatic nitrogens is 1. The number of benzene rings is 1. The average molecular weight is 282 g/mol. The second-order valence-electron chi connectivity index (χ2n) is 3.92. The molecule has 1 aromatic carbocycles. The molecule has 0 saturated carbocycles. The molecule has 0 fully saturated rings. The number of nitrogens with zero attached hydrogens (tertiary/aromatic N) is 2. The van der Waals surface area contributed by atoms with Crippen LogP contribution in [-0.4, -0.2) is 43.9 Å². The van der Waals surface area contributed by atoms with Gasteiger partial charge in [-0.25, -0.2) is 4.98 Å². The van der Waals surface area contributed by atoms with Gasteiger partial charge >= 0.3 is 5.97 Å². The van der Waals surface area contributed by atoms with Crippen LogP contribution in [0.25, 0.3) is 10.2 Å². The molecule has 2 rings (SSSR count). The van der Waals surface area contributed by atoms with Crippen LogP contribution in [0.1, 0.15) is 0 Å². The highest BCUT2D eigenvalue weighted by atomic mass is 32.1. The van der Waals surface area contributed by atoms with Gasteiger partial charge < -0.3 is 19.5 Å². The fourth-order valence-electron chi connectivity index (χ4n) is 1.68. The predicted molar refractivity (Wildman–Crippen MR) is 73.6 cm³/mol. The molecule has 1 N–H and O–H groups in total. The maximum absolute atomic E-state index is 10.7. The van der Waals surface area contributed by atoms with Gasteiger partial charge in [-0.2, -0.15) is 0 Å². The summed E-state index contributed by atoms with van der Waals surface area (Å²) in [6.45, 7) is -0.0892. The van der Waals surface area contributed by atoms with Gasteiger partial charge in [0.25, 0.3) is 0 Å². The number of thiazole rings is 1. The van der Waals surface area contributed by atoms with E-state index in [0.717, 1.165) is 10.2 Å². The Morgan fingerprint density at radius 3 is 2.58 bits per heavy atom. The zero-order chi connectivity index (χ0) is 14.0. The third-order valence-corrected chi connectivity index (χ3v) is 3.71. The third kappa shape index (κ3) is 2.70. The van der Waals surface area contributed by atoms with E-state index in [1.165, 1.54) is 11.3 Å². The first-order valence-electron chi connectivity index (χ1n) is 5.50. The number of methoxy groups -OCH3 is 2. The summed E-state index contributed by atoms with van der Waals surface area (Å²) in [6.07, 6.45) is 0. The van der Waals surface area contributed by atoms with Crippen LogP contribution in [0.5, 0.6) is 11.5 Å². The lowest BCUT2D eigenvalue weighted by Gasteiger charge is -2.11. The lowest BCUT2D eigenvalue weighted by atomic mass is 10.3. The fraction of sp³-hybridized carbons (Fsp3) is 0.333. The standard InChI is InChI=1S/C12H14N2O4S/c1-14(6-11(15)16)12-13-7-4-8(17-2)9(18-3)5-10(7)19-12/h4-5H,6H2,1-3H3,(H,15,16). The van der Waals surface area contributed by atoms with Crippen molar-refractivity contribution in [1.82, 2.24) is 4.98 Å². The van der Waals surface area contributed by atoms with E-state index in [1.54, 1.807) is 32.2 Å². The molecule has 1 aromatic heterocycles. The van der Waals surface area contributed by atoms with Crippen LogP contribution in [0.3, 0.4) is 0 Å². The normalized spacial score (nSPS) is 10.5. The number of hydrogen-bond donors (Lipinski definition) is 1. The predicted octanol–water partition coefficient (Wildman–Crippen LogP) is 1.83. The Morgan fingerprint density at radius 1 is 1.37 bits per heavy atom. The van der Waals surface area contributed by atoms with E-state index < -0.39 is 5.97 Å². The minimum atomic E-state index is -0.892. The second kappa shape index (κ2) is 5.31. The smallest absolute Gasteiger partial charge is 0.323 e. The Kier molecular flexibility index (Phi) is 3.75. The van der Waals surface area contributed by atoms with Gasteiger partial charge in [-0.05, 0) is 0 Å². The number of fused-ring (bicyclic) bond motifs is 1. The summed E-state index contributed by atoms with van der Waals surface area (Å²) in [5.74, 6) is 0.343. The van der Waals surface area contributed by atoms with Crippen LogP contribution in [-0.2, 0) is 4.79 Å². The molecule has 0 aliphatic heterocycles. The van der Waals surface area contributed by atoms with Gasteiger partial charge in [0.1, 0.15) is 6.54 Å². The number of rotatable bonds is 5. The first kappa shape index (κ1) is 13.4. The summed E-state index contributed by atoms with van der Waals surface area (Å²) >= 11 is 1.41. The lowest BCUT2D eigenvalue weighted by molar-refractivity contribution is -0.135. The van der Waals surface area contributed by atoms with Crippen molar-refractivity contribution in [2.24, 2.45) is 0 Å². The second-order valence-corrected chi connectivity index (χ2v) is 4.93. The van der Waals surface area contributed by atoms with Crippen molar-refractivity contribution in [3.8, 4) is 11.5 Å². The lowest BCUT2D eigenvalue weighted by Crippen LogP contribution is -2.24.